The van der Waals surface area contributed by atoms with E-state index < -0.39 is 0 Å². The first-order valence-electron chi connectivity index (χ1n) is 3.77. The van der Waals surface area contributed by atoms with Gasteiger partial charge < -0.3 is 5.73 Å². The molecule has 1 unspecified atom stereocenters. The van der Waals surface area contributed by atoms with Gasteiger partial charge in [-0.05, 0) is 18.9 Å². The van der Waals surface area contributed by atoms with Crippen molar-refractivity contribution < 1.29 is 0 Å². The second-order valence-corrected chi connectivity index (χ2v) is 2.61. The summed E-state index contributed by atoms with van der Waals surface area (Å²) in [5, 5.41) is 0. The van der Waals surface area contributed by atoms with Crippen LogP contribution >= 0.6 is 0 Å². The minimum Gasteiger partial charge on any atom is -0.323 e. The van der Waals surface area contributed by atoms with Gasteiger partial charge in [0, 0.05) is 12.2 Å². The second-order valence-electron chi connectivity index (χ2n) is 2.61. The van der Waals surface area contributed by atoms with E-state index in [-0.39, 0.29) is 6.04 Å². The fraction of sp³-hybridized carbons (Fsp3) is 0.500. The van der Waals surface area contributed by atoms with Crippen LogP contribution in [0.1, 0.15) is 30.6 Å². The van der Waals surface area contributed by atoms with Crippen LogP contribution in [0.3, 0.4) is 0 Å². The standard InChI is InChI=1S/C8H13N3/c1-3-7(9)8-6(2)4-10-5-11-8/h4-5,7H,3,9H2,1-2H3. The zero-order chi connectivity index (χ0) is 8.27. The van der Waals surface area contributed by atoms with Crippen molar-refractivity contribution in [1.82, 2.24) is 9.97 Å². The van der Waals surface area contributed by atoms with E-state index in [4.69, 9.17) is 5.73 Å². The van der Waals surface area contributed by atoms with E-state index in [1.165, 1.54) is 6.33 Å². The zero-order valence-electron chi connectivity index (χ0n) is 6.91. The minimum atomic E-state index is 0.0537. The number of aryl methyl sites for hydroxylation is 1. The Balaban J connectivity index is 2.93. The Bertz CT molecular complexity index is 235. The maximum atomic E-state index is 5.80. The number of hydrogen-bond acceptors (Lipinski definition) is 3. The summed E-state index contributed by atoms with van der Waals surface area (Å²) in [6, 6.07) is 0.0537. The van der Waals surface area contributed by atoms with E-state index in [1.807, 2.05) is 13.8 Å². The summed E-state index contributed by atoms with van der Waals surface area (Å²) in [4.78, 5) is 8.01. The Morgan fingerprint density at radius 1 is 1.64 bits per heavy atom. The van der Waals surface area contributed by atoms with Crippen molar-refractivity contribution in [3.63, 3.8) is 0 Å². The van der Waals surface area contributed by atoms with Gasteiger partial charge in [0.2, 0.25) is 0 Å². The molecule has 2 N–H and O–H groups in total. The third kappa shape index (κ3) is 1.74. The Kier molecular flexibility index (Phi) is 2.54. The van der Waals surface area contributed by atoms with Gasteiger partial charge in [-0.3, -0.25) is 0 Å². The molecule has 0 amide bonds. The summed E-state index contributed by atoms with van der Waals surface area (Å²) >= 11 is 0. The maximum Gasteiger partial charge on any atom is 0.115 e. The summed E-state index contributed by atoms with van der Waals surface area (Å²) in [6.45, 7) is 4.02. The van der Waals surface area contributed by atoms with Gasteiger partial charge in [0.25, 0.3) is 0 Å². The number of rotatable bonds is 2. The average molecular weight is 151 g/mol. The van der Waals surface area contributed by atoms with Gasteiger partial charge >= 0.3 is 0 Å². The lowest BCUT2D eigenvalue weighted by molar-refractivity contribution is 0.666. The lowest BCUT2D eigenvalue weighted by atomic mass is 10.1. The number of aromatic nitrogens is 2. The molecule has 1 rings (SSSR count). The smallest absolute Gasteiger partial charge is 0.115 e. The maximum absolute atomic E-state index is 5.80. The predicted molar refractivity (Wildman–Crippen MR) is 44.0 cm³/mol. The van der Waals surface area contributed by atoms with Crippen molar-refractivity contribution >= 4 is 0 Å². The van der Waals surface area contributed by atoms with Gasteiger partial charge in [-0.1, -0.05) is 6.92 Å². The van der Waals surface area contributed by atoms with Crippen molar-refractivity contribution in [2.45, 2.75) is 26.3 Å². The van der Waals surface area contributed by atoms with E-state index >= 15 is 0 Å². The minimum absolute atomic E-state index is 0.0537. The van der Waals surface area contributed by atoms with Crippen LogP contribution in [0.25, 0.3) is 0 Å². The number of hydrogen-bond donors (Lipinski definition) is 1. The topological polar surface area (TPSA) is 51.8 Å². The van der Waals surface area contributed by atoms with Crippen LogP contribution in [-0.2, 0) is 0 Å². The molecule has 1 aromatic rings. The lowest BCUT2D eigenvalue weighted by Crippen LogP contribution is -2.12. The second kappa shape index (κ2) is 3.44. The van der Waals surface area contributed by atoms with Crippen LogP contribution in [-0.4, -0.2) is 9.97 Å². The highest BCUT2D eigenvalue weighted by atomic mass is 14.9. The summed E-state index contributed by atoms with van der Waals surface area (Å²) in [6.07, 6.45) is 4.24. The molecule has 11 heavy (non-hydrogen) atoms. The molecule has 0 saturated carbocycles. The van der Waals surface area contributed by atoms with Crippen molar-refractivity contribution in [3.8, 4) is 0 Å². The van der Waals surface area contributed by atoms with Crippen molar-refractivity contribution in [2.75, 3.05) is 0 Å². The van der Waals surface area contributed by atoms with Crippen LogP contribution in [0, 0.1) is 6.92 Å². The quantitative estimate of drug-likeness (QED) is 0.690. The Morgan fingerprint density at radius 2 is 2.36 bits per heavy atom. The van der Waals surface area contributed by atoms with Gasteiger partial charge in [-0.2, -0.15) is 0 Å². The molecule has 3 heteroatoms. The molecule has 1 aromatic heterocycles. The van der Waals surface area contributed by atoms with Crippen LogP contribution in [0.5, 0.6) is 0 Å². The number of nitrogens with zero attached hydrogens (tertiary/aromatic N) is 2. The van der Waals surface area contributed by atoms with E-state index in [1.54, 1.807) is 6.20 Å². The number of nitrogens with two attached hydrogens (primary N) is 1. The van der Waals surface area contributed by atoms with Crippen LogP contribution in [0.2, 0.25) is 0 Å². The average Bonchev–Trinajstić information content (AvgIpc) is 2.04. The molecule has 0 saturated heterocycles. The van der Waals surface area contributed by atoms with Gasteiger partial charge in [-0.25, -0.2) is 9.97 Å². The highest BCUT2D eigenvalue weighted by Gasteiger charge is 2.06. The summed E-state index contributed by atoms with van der Waals surface area (Å²) < 4.78 is 0. The van der Waals surface area contributed by atoms with Crippen molar-refractivity contribution in [1.29, 1.82) is 0 Å². The summed E-state index contributed by atoms with van der Waals surface area (Å²) in [7, 11) is 0. The van der Waals surface area contributed by atoms with E-state index in [0.717, 1.165) is 17.7 Å². The molecule has 0 radical (unpaired) electrons. The zero-order valence-corrected chi connectivity index (χ0v) is 6.91. The molecule has 60 valence electrons. The molecule has 0 bridgehead atoms. The first-order valence-corrected chi connectivity index (χ1v) is 3.77. The Labute approximate surface area is 66.7 Å². The predicted octanol–water partition coefficient (Wildman–Crippen LogP) is 1.19. The summed E-state index contributed by atoms with van der Waals surface area (Å²) in [5.74, 6) is 0. The van der Waals surface area contributed by atoms with Crippen LogP contribution in [0.15, 0.2) is 12.5 Å². The molecular weight excluding hydrogens is 138 g/mol. The third-order valence-corrected chi connectivity index (χ3v) is 1.73. The molecule has 0 fully saturated rings. The highest BCUT2D eigenvalue weighted by molar-refractivity contribution is 5.16. The SMILES string of the molecule is CCC(N)c1ncncc1C. The van der Waals surface area contributed by atoms with Crippen molar-refractivity contribution in [3.05, 3.63) is 23.8 Å². The summed E-state index contributed by atoms with van der Waals surface area (Å²) in [5.41, 5.74) is 7.84. The molecule has 0 spiro atoms. The highest BCUT2D eigenvalue weighted by Crippen LogP contribution is 2.12. The first kappa shape index (κ1) is 8.14. The molecule has 1 atom stereocenters. The van der Waals surface area contributed by atoms with E-state index in [9.17, 15) is 0 Å². The van der Waals surface area contributed by atoms with E-state index in [0.29, 0.717) is 0 Å². The van der Waals surface area contributed by atoms with Crippen LogP contribution < -0.4 is 5.73 Å². The lowest BCUT2D eigenvalue weighted by Gasteiger charge is -2.09. The molecule has 3 nitrogen and oxygen atoms in total. The van der Waals surface area contributed by atoms with Gasteiger partial charge in [0.05, 0.1) is 5.69 Å². The Hall–Kier alpha value is -0.960. The van der Waals surface area contributed by atoms with Gasteiger partial charge in [0.15, 0.2) is 0 Å². The van der Waals surface area contributed by atoms with Gasteiger partial charge in [-0.15, -0.1) is 0 Å². The van der Waals surface area contributed by atoms with Gasteiger partial charge in [0.1, 0.15) is 6.33 Å². The fourth-order valence-electron chi connectivity index (χ4n) is 0.990. The van der Waals surface area contributed by atoms with Crippen LogP contribution in [0.4, 0.5) is 0 Å². The third-order valence-electron chi connectivity index (χ3n) is 1.73. The Morgan fingerprint density at radius 3 is 2.91 bits per heavy atom. The molecule has 0 aliphatic heterocycles. The molecule has 1 heterocycles. The largest absolute Gasteiger partial charge is 0.323 e. The fourth-order valence-corrected chi connectivity index (χ4v) is 0.990. The molecule has 0 aliphatic carbocycles. The molecular formula is C8H13N3. The normalized spacial score (nSPS) is 13.0. The van der Waals surface area contributed by atoms with E-state index in [2.05, 4.69) is 9.97 Å². The molecule has 0 aliphatic rings. The monoisotopic (exact) mass is 151 g/mol. The first-order chi connectivity index (χ1) is 5.25. The molecule has 0 aromatic carbocycles. The van der Waals surface area contributed by atoms with Crippen molar-refractivity contribution in [2.24, 2.45) is 5.73 Å².